The molecule has 4 nitrogen and oxygen atoms in total. The Morgan fingerprint density at radius 2 is 1.83 bits per heavy atom. The maximum Gasteiger partial charge on any atom is 0.222 e. The highest BCUT2D eigenvalue weighted by atomic mass is 16.5. The normalized spacial score (nSPS) is 10.1. The topological polar surface area (TPSA) is 47.0 Å². The third kappa shape index (κ3) is 4.05. The van der Waals surface area contributed by atoms with Gasteiger partial charge in [0.05, 0.1) is 6.61 Å². The van der Waals surface area contributed by atoms with Crippen LogP contribution in [0.1, 0.15) is 12.0 Å². The number of aromatic nitrogens is 2. The lowest BCUT2D eigenvalue weighted by atomic mass is 10.3. The highest BCUT2D eigenvalue weighted by Gasteiger charge is 1.95. The lowest BCUT2D eigenvalue weighted by molar-refractivity contribution is 0.315. The molecule has 0 aliphatic rings. The minimum Gasteiger partial charge on any atom is -0.494 e. The zero-order valence-electron chi connectivity index (χ0n) is 10.5. The Bertz CT molecular complexity index is 456. The summed E-state index contributed by atoms with van der Waals surface area (Å²) in [6, 6.07) is 9.82. The predicted molar refractivity (Wildman–Crippen MR) is 71.8 cm³/mol. The van der Waals surface area contributed by atoms with Gasteiger partial charge in [0.1, 0.15) is 5.75 Å². The lowest BCUT2D eigenvalue weighted by Gasteiger charge is -2.07. The molecule has 0 fully saturated rings. The molecular weight excluding hydrogens is 226 g/mol. The van der Waals surface area contributed by atoms with Gasteiger partial charge in [0.25, 0.3) is 0 Å². The van der Waals surface area contributed by atoms with Gasteiger partial charge in [-0.3, -0.25) is 0 Å². The van der Waals surface area contributed by atoms with Crippen LogP contribution >= 0.6 is 0 Å². The molecule has 0 amide bonds. The Morgan fingerprint density at radius 3 is 2.56 bits per heavy atom. The Labute approximate surface area is 107 Å². The molecule has 0 aliphatic heterocycles. The lowest BCUT2D eigenvalue weighted by Crippen LogP contribution is -2.09. The fourth-order valence-corrected chi connectivity index (χ4v) is 1.46. The number of hydrogen-bond donors (Lipinski definition) is 1. The summed E-state index contributed by atoms with van der Waals surface area (Å²) < 4.78 is 5.58. The van der Waals surface area contributed by atoms with E-state index in [2.05, 4.69) is 15.3 Å². The number of benzene rings is 1. The van der Waals surface area contributed by atoms with Crippen LogP contribution in [0.4, 0.5) is 5.95 Å². The zero-order valence-corrected chi connectivity index (χ0v) is 10.5. The van der Waals surface area contributed by atoms with E-state index in [0.29, 0.717) is 12.6 Å². The minimum atomic E-state index is 0.667. The number of nitrogens with one attached hydrogen (secondary N) is 1. The van der Waals surface area contributed by atoms with Crippen LogP contribution in [0, 0.1) is 6.92 Å². The fraction of sp³-hybridized carbons (Fsp3) is 0.286. The smallest absolute Gasteiger partial charge is 0.222 e. The Morgan fingerprint density at radius 1 is 1.11 bits per heavy atom. The summed E-state index contributed by atoms with van der Waals surface area (Å²) in [5.74, 6) is 1.57. The molecule has 1 aromatic carbocycles. The first-order valence-corrected chi connectivity index (χ1v) is 6.05. The van der Waals surface area contributed by atoms with Crippen molar-refractivity contribution in [2.75, 3.05) is 18.5 Å². The number of anilines is 1. The molecule has 1 N–H and O–H groups in total. The van der Waals surface area contributed by atoms with E-state index in [0.717, 1.165) is 24.3 Å². The number of aryl methyl sites for hydroxylation is 1. The van der Waals surface area contributed by atoms with Gasteiger partial charge in [0.2, 0.25) is 5.95 Å². The van der Waals surface area contributed by atoms with E-state index in [9.17, 15) is 0 Å². The number of para-hydroxylation sites is 1. The summed E-state index contributed by atoms with van der Waals surface area (Å²) in [6.07, 6.45) is 4.51. The molecule has 1 aromatic heterocycles. The van der Waals surface area contributed by atoms with E-state index in [1.165, 1.54) is 0 Å². The van der Waals surface area contributed by atoms with E-state index >= 15 is 0 Å². The van der Waals surface area contributed by atoms with Gasteiger partial charge in [0.15, 0.2) is 0 Å². The van der Waals surface area contributed by atoms with E-state index < -0.39 is 0 Å². The summed E-state index contributed by atoms with van der Waals surface area (Å²) in [5.41, 5.74) is 1.06. The van der Waals surface area contributed by atoms with Crippen molar-refractivity contribution in [1.82, 2.24) is 9.97 Å². The number of hydrogen-bond acceptors (Lipinski definition) is 4. The summed E-state index contributed by atoms with van der Waals surface area (Å²) in [7, 11) is 0. The van der Waals surface area contributed by atoms with Crippen molar-refractivity contribution in [3.63, 3.8) is 0 Å². The van der Waals surface area contributed by atoms with Gasteiger partial charge in [0, 0.05) is 18.9 Å². The molecule has 0 bridgehead atoms. The SMILES string of the molecule is Cc1cnc(NCCCOc2ccccc2)nc1. The summed E-state index contributed by atoms with van der Waals surface area (Å²) in [5, 5.41) is 3.16. The van der Waals surface area contributed by atoms with Gasteiger partial charge in [-0.2, -0.15) is 0 Å². The zero-order chi connectivity index (χ0) is 12.6. The average Bonchev–Trinajstić information content (AvgIpc) is 2.42. The molecule has 1 heterocycles. The maximum absolute atomic E-state index is 5.58. The molecular formula is C14H17N3O. The van der Waals surface area contributed by atoms with Gasteiger partial charge in [-0.25, -0.2) is 9.97 Å². The molecule has 0 spiro atoms. The molecule has 2 aromatic rings. The van der Waals surface area contributed by atoms with E-state index in [-0.39, 0.29) is 0 Å². The third-order valence-electron chi connectivity index (χ3n) is 2.40. The Balaban J connectivity index is 1.63. The maximum atomic E-state index is 5.58. The summed E-state index contributed by atoms with van der Waals surface area (Å²) >= 11 is 0. The molecule has 0 radical (unpaired) electrons. The number of nitrogens with zero attached hydrogens (tertiary/aromatic N) is 2. The van der Waals surface area contributed by atoms with E-state index in [1.54, 1.807) is 12.4 Å². The van der Waals surface area contributed by atoms with Gasteiger partial charge >= 0.3 is 0 Å². The first-order chi connectivity index (χ1) is 8.84. The summed E-state index contributed by atoms with van der Waals surface area (Å²) in [6.45, 7) is 3.45. The van der Waals surface area contributed by atoms with Crippen LogP contribution in [0.15, 0.2) is 42.7 Å². The van der Waals surface area contributed by atoms with Crippen LogP contribution in [0.2, 0.25) is 0 Å². The van der Waals surface area contributed by atoms with Gasteiger partial charge in [-0.15, -0.1) is 0 Å². The molecule has 0 unspecified atom stereocenters. The molecule has 2 rings (SSSR count). The Hall–Kier alpha value is -2.10. The van der Waals surface area contributed by atoms with Crippen molar-refractivity contribution >= 4 is 5.95 Å². The highest BCUT2D eigenvalue weighted by molar-refractivity contribution is 5.24. The van der Waals surface area contributed by atoms with Crippen LogP contribution in [0.5, 0.6) is 5.75 Å². The third-order valence-corrected chi connectivity index (χ3v) is 2.40. The van der Waals surface area contributed by atoms with Crippen molar-refractivity contribution in [2.24, 2.45) is 0 Å². The van der Waals surface area contributed by atoms with Crippen molar-refractivity contribution in [3.05, 3.63) is 48.3 Å². The second-order valence-electron chi connectivity index (χ2n) is 4.03. The van der Waals surface area contributed by atoms with Crippen LogP contribution in [0.3, 0.4) is 0 Å². The largest absolute Gasteiger partial charge is 0.494 e. The molecule has 0 saturated carbocycles. The van der Waals surface area contributed by atoms with Crippen LogP contribution in [-0.4, -0.2) is 23.1 Å². The summed E-state index contributed by atoms with van der Waals surface area (Å²) in [4.78, 5) is 8.34. The fourth-order valence-electron chi connectivity index (χ4n) is 1.46. The molecule has 0 atom stereocenters. The van der Waals surface area contributed by atoms with Crippen LogP contribution in [0.25, 0.3) is 0 Å². The van der Waals surface area contributed by atoms with E-state index in [4.69, 9.17) is 4.74 Å². The standard InChI is InChI=1S/C14H17N3O/c1-12-10-16-14(17-11-12)15-8-5-9-18-13-6-3-2-4-7-13/h2-4,6-7,10-11H,5,8-9H2,1H3,(H,15,16,17). The van der Waals surface area contributed by atoms with Crippen LogP contribution < -0.4 is 10.1 Å². The van der Waals surface area contributed by atoms with Gasteiger partial charge in [-0.1, -0.05) is 18.2 Å². The van der Waals surface area contributed by atoms with Crippen LogP contribution in [-0.2, 0) is 0 Å². The van der Waals surface area contributed by atoms with Crippen molar-refractivity contribution < 1.29 is 4.74 Å². The van der Waals surface area contributed by atoms with Crippen molar-refractivity contribution in [2.45, 2.75) is 13.3 Å². The quantitative estimate of drug-likeness (QED) is 0.792. The van der Waals surface area contributed by atoms with Gasteiger partial charge < -0.3 is 10.1 Å². The first kappa shape index (κ1) is 12.4. The molecule has 94 valence electrons. The van der Waals surface area contributed by atoms with E-state index in [1.807, 2.05) is 37.3 Å². The van der Waals surface area contributed by atoms with Crippen molar-refractivity contribution in [3.8, 4) is 5.75 Å². The predicted octanol–water partition coefficient (Wildman–Crippen LogP) is 2.67. The first-order valence-electron chi connectivity index (χ1n) is 6.05. The second-order valence-corrected chi connectivity index (χ2v) is 4.03. The average molecular weight is 243 g/mol. The Kier molecular flexibility index (Phi) is 4.53. The molecule has 18 heavy (non-hydrogen) atoms. The van der Waals surface area contributed by atoms with Crippen molar-refractivity contribution in [1.29, 1.82) is 0 Å². The number of ether oxygens (including phenoxy) is 1. The monoisotopic (exact) mass is 243 g/mol. The second kappa shape index (κ2) is 6.59. The number of rotatable bonds is 6. The molecule has 0 saturated heterocycles. The molecule has 0 aliphatic carbocycles. The van der Waals surface area contributed by atoms with Gasteiger partial charge in [-0.05, 0) is 31.0 Å². The minimum absolute atomic E-state index is 0.667. The molecule has 4 heteroatoms. The highest BCUT2D eigenvalue weighted by Crippen LogP contribution is 2.08.